The Balaban J connectivity index is 1.62. The van der Waals surface area contributed by atoms with Crippen molar-refractivity contribution in [2.75, 3.05) is 16.0 Å². The number of aryl methyl sites for hydroxylation is 1. The fourth-order valence-electron chi connectivity index (χ4n) is 4.38. The smallest absolute Gasteiger partial charge is 0.274 e. The molecule has 0 fully saturated rings. The van der Waals surface area contributed by atoms with Gasteiger partial charge in [-0.2, -0.15) is 0 Å². The second-order valence-electron chi connectivity index (χ2n) is 10.7. The van der Waals surface area contributed by atoms with Crippen LogP contribution in [0, 0.1) is 6.92 Å². The third-order valence-corrected chi connectivity index (χ3v) is 6.55. The van der Waals surface area contributed by atoms with Gasteiger partial charge in [0.05, 0.1) is 0 Å². The van der Waals surface area contributed by atoms with E-state index >= 15 is 0 Å². The first-order valence-electron chi connectivity index (χ1n) is 12.8. The number of benzene rings is 3. The fraction of sp³-hybridized carbons (Fsp3) is 0.219. The normalized spacial score (nSPS) is 11.1. The number of hydrogen-bond donors (Lipinski definition) is 3. The first-order chi connectivity index (χ1) is 18.4. The van der Waals surface area contributed by atoms with Gasteiger partial charge in [-0.25, -0.2) is 0 Å². The molecular formula is C32H34N4O3. The second kappa shape index (κ2) is 11.0. The summed E-state index contributed by atoms with van der Waals surface area (Å²) in [5.41, 5.74) is 6.56. The first kappa shape index (κ1) is 27.4. The molecular weight excluding hydrogens is 488 g/mol. The van der Waals surface area contributed by atoms with E-state index in [1.54, 1.807) is 37.5 Å². The summed E-state index contributed by atoms with van der Waals surface area (Å²) in [5.74, 6) is -0.355. The van der Waals surface area contributed by atoms with E-state index < -0.39 is 0 Å². The Hall–Kier alpha value is -4.65. The first-order valence-corrected chi connectivity index (χ1v) is 12.8. The molecule has 0 aliphatic heterocycles. The lowest BCUT2D eigenvalue weighted by Gasteiger charge is -2.19. The molecule has 39 heavy (non-hydrogen) atoms. The van der Waals surface area contributed by atoms with E-state index in [2.05, 4.69) is 36.7 Å². The molecule has 0 aliphatic rings. The van der Waals surface area contributed by atoms with Crippen LogP contribution in [0.1, 0.15) is 49.2 Å². The molecule has 1 heterocycles. The summed E-state index contributed by atoms with van der Waals surface area (Å²) in [4.78, 5) is 37.4. The van der Waals surface area contributed by atoms with Crippen molar-refractivity contribution in [3.05, 3.63) is 106 Å². The van der Waals surface area contributed by atoms with Gasteiger partial charge in [0.15, 0.2) is 0 Å². The zero-order chi connectivity index (χ0) is 28.3. The number of nitrogens with zero attached hydrogens (tertiary/aromatic N) is 1. The van der Waals surface area contributed by atoms with E-state index in [9.17, 15) is 14.4 Å². The highest BCUT2D eigenvalue weighted by Gasteiger charge is 2.16. The van der Waals surface area contributed by atoms with E-state index in [0.717, 1.165) is 22.3 Å². The number of anilines is 4. The van der Waals surface area contributed by atoms with Crippen LogP contribution in [-0.2, 0) is 17.3 Å². The minimum atomic E-state index is -0.190. The van der Waals surface area contributed by atoms with E-state index in [-0.39, 0.29) is 22.8 Å². The van der Waals surface area contributed by atoms with Crippen LogP contribution >= 0.6 is 0 Å². The number of amides is 2. The summed E-state index contributed by atoms with van der Waals surface area (Å²) in [6, 6.07) is 22.4. The van der Waals surface area contributed by atoms with Crippen LogP contribution in [0.5, 0.6) is 0 Å². The Kier molecular flexibility index (Phi) is 7.72. The molecule has 4 aromatic rings. The van der Waals surface area contributed by atoms with Gasteiger partial charge < -0.3 is 20.5 Å². The van der Waals surface area contributed by atoms with Crippen LogP contribution < -0.4 is 21.5 Å². The quantitative estimate of drug-likeness (QED) is 0.266. The molecule has 0 saturated carbocycles. The molecule has 200 valence electrons. The van der Waals surface area contributed by atoms with Gasteiger partial charge in [-0.15, -0.1) is 0 Å². The molecule has 0 unspecified atom stereocenters. The maximum Gasteiger partial charge on any atom is 0.274 e. The molecule has 0 spiro atoms. The van der Waals surface area contributed by atoms with Gasteiger partial charge in [-0.05, 0) is 71.5 Å². The molecule has 2 amide bonds. The van der Waals surface area contributed by atoms with Gasteiger partial charge in [0.2, 0.25) is 5.91 Å². The second-order valence-corrected chi connectivity index (χ2v) is 10.7. The SMILES string of the molecule is CC(=O)Nc1cccc(Nc2cc(-c3cccc(NC(=O)c4ccc(C(C)(C)C)cc4)c3C)cn(C)c2=O)c1. The highest BCUT2D eigenvalue weighted by atomic mass is 16.2. The van der Waals surface area contributed by atoms with Gasteiger partial charge in [0.25, 0.3) is 11.5 Å². The number of rotatable bonds is 6. The van der Waals surface area contributed by atoms with Crippen molar-refractivity contribution in [2.45, 2.75) is 40.0 Å². The Bertz CT molecular complexity index is 1600. The maximum absolute atomic E-state index is 13.0. The van der Waals surface area contributed by atoms with E-state index in [1.165, 1.54) is 11.5 Å². The van der Waals surface area contributed by atoms with Crippen molar-refractivity contribution in [1.29, 1.82) is 0 Å². The van der Waals surface area contributed by atoms with Crippen LogP contribution in [0.15, 0.2) is 83.8 Å². The highest BCUT2D eigenvalue weighted by Crippen LogP contribution is 2.30. The largest absolute Gasteiger partial charge is 0.351 e. The van der Waals surface area contributed by atoms with Gasteiger partial charge in [0.1, 0.15) is 5.69 Å². The highest BCUT2D eigenvalue weighted by molar-refractivity contribution is 6.05. The summed E-state index contributed by atoms with van der Waals surface area (Å²) in [5, 5.41) is 8.97. The standard InChI is InChI=1S/C32H34N4O3/c1-20-27(11-8-12-28(20)35-30(38)22-13-15-24(16-14-22)32(3,4)5)23-17-29(31(39)36(6)19-23)34-26-10-7-9-25(18-26)33-21(2)37/h7-19,34H,1-6H3,(H,33,37)(H,35,38). The van der Waals surface area contributed by atoms with Crippen molar-refractivity contribution in [2.24, 2.45) is 7.05 Å². The number of aromatic nitrogens is 1. The number of carbonyl (C=O) groups excluding carboxylic acids is 2. The van der Waals surface area contributed by atoms with E-state index in [0.29, 0.717) is 28.3 Å². The molecule has 0 saturated heterocycles. The van der Waals surface area contributed by atoms with E-state index in [1.807, 2.05) is 55.5 Å². The van der Waals surface area contributed by atoms with Crippen molar-refractivity contribution in [3.63, 3.8) is 0 Å². The molecule has 4 rings (SSSR count). The summed E-state index contributed by atoms with van der Waals surface area (Å²) >= 11 is 0. The lowest BCUT2D eigenvalue weighted by Crippen LogP contribution is -2.19. The van der Waals surface area contributed by atoms with Crippen LogP contribution in [0.3, 0.4) is 0 Å². The van der Waals surface area contributed by atoms with Gasteiger partial charge in [-0.3, -0.25) is 14.4 Å². The van der Waals surface area contributed by atoms with Crippen molar-refractivity contribution >= 4 is 34.6 Å². The molecule has 0 atom stereocenters. The van der Waals surface area contributed by atoms with Crippen LogP contribution in [0.2, 0.25) is 0 Å². The zero-order valence-corrected chi connectivity index (χ0v) is 23.2. The van der Waals surface area contributed by atoms with Crippen molar-refractivity contribution in [3.8, 4) is 11.1 Å². The molecule has 0 radical (unpaired) electrons. The van der Waals surface area contributed by atoms with Gasteiger partial charge in [0, 0.05) is 48.4 Å². The third-order valence-electron chi connectivity index (χ3n) is 6.55. The molecule has 3 aromatic carbocycles. The van der Waals surface area contributed by atoms with Gasteiger partial charge in [-0.1, -0.05) is 51.1 Å². The molecule has 1 aromatic heterocycles. The Morgan fingerprint density at radius 2 is 1.49 bits per heavy atom. The maximum atomic E-state index is 13.0. The van der Waals surface area contributed by atoms with E-state index in [4.69, 9.17) is 0 Å². The molecule has 3 N–H and O–H groups in total. The molecule has 0 aliphatic carbocycles. The number of pyridine rings is 1. The van der Waals surface area contributed by atoms with Crippen molar-refractivity contribution < 1.29 is 9.59 Å². The minimum absolute atomic E-state index is 0.0116. The average Bonchev–Trinajstić information content (AvgIpc) is 2.87. The van der Waals surface area contributed by atoms with Crippen LogP contribution in [-0.4, -0.2) is 16.4 Å². The number of carbonyl (C=O) groups is 2. The predicted octanol–water partition coefficient (Wildman–Crippen LogP) is 6.61. The predicted molar refractivity (Wildman–Crippen MR) is 159 cm³/mol. The van der Waals surface area contributed by atoms with Crippen LogP contribution in [0.25, 0.3) is 11.1 Å². The molecule has 7 heteroatoms. The average molecular weight is 523 g/mol. The summed E-state index contributed by atoms with van der Waals surface area (Å²) in [6.07, 6.45) is 1.78. The lowest BCUT2D eigenvalue weighted by molar-refractivity contribution is -0.114. The van der Waals surface area contributed by atoms with Crippen LogP contribution in [0.4, 0.5) is 22.7 Å². The molecule has 0 bridgehead atoms. The molecule has 7 nitrogen and oxygen atoms in total. The topological polar surface area (TPSA) is 92.2 Å². The third kappa shape index (κ3) is 6.44. The minimum Gasteiger partial charge on any atom is -0.351 e. The fourth-order valence-corrected chi connectivity index (χ4v) is 4.38. The van der Waals surface area contributed by atoms with Crippen molar-refractivity contribution in [1.82, 2.24) is 4.57 Å². The monoisotopic (exact) mass is 522 g/mol. The Morgan fingerprint density at radius 3 is 2.15 bits per heavy atom. The lowest BCUT2D eigenvalue weighted by atomic mass is 9.86. The zero-order valence-electron chi connectivity index (χ0n) is 23.2. The number of hydrogen-bond acceptors (Lipinski definition) is 4. The summed E-state index contributed by atoms with van der Waals surface area (Å²) in [6.45, 7) is 9.81. The summed E-state index contributed by atoms with van der Waals surface area (Å²) < 4.78 is 1.52. The summed E-state index contributed by atoms with van der Waals surface area (Å²) in [7, 11) is 1.70. The number of nitrogens with one attached hydrogen (secondary N) is 3. The Morgan fingerprint density at radius 1 is 0.821 bits per heavy atom. The Labute approximate surface area is 228 Å². The van der Waals surface area contributed by atoms with Gasteiger partial charge >= 0.3 is 0 Å².